The van der Waals surface area contributed by atoms with Crippen LogP contribution in [0, 0.1) is 5.82 Å². The van der Waals surface area contributed by atoms with Crippen molar-refractivity contribution in [1.29, 1.82) is 0 Å². The predicted molar refractivity (Wildman–Crippen MR) is 108 cm³/mol. The zero-order chi connectivity index (χ0) is 19.5. The van der Waals surface area contributed by atoms with E-state index in [1.807, 2.05) is 36.4 Å². The van der Waals surface area contributed by atoms with Crippen LogP contribution >= 0.6 is 11.6 Å². The minimum absolute atomic E-state index is 0.0285. The van der Waals surface area contributed by atoms with Crippen LogP contribution in [-0.2, 0) is 0 Å². The molecule has 0 unspecified atom stereocenters. The molecule has 28 heavy (non-hydrogen) atoms. The Morgan fingerprint density at radius 2 is 2.04 bits per heavy atom. The largest absolute Gasteiger partial charge is 0.353 e. The maximum atomic E-state index is 13.2. The van der Waals surface area contributed by atoms with E-state index < -0.39 is 5.82 Å². The summed E-state index contributed by atoms with van der Waals surface area (Å²) in [5.74, 6) is 0.111. The lowest BCUT2D eigenvalue weighted by Crippen LogP contribution is -2.48. The van der Waals surface area contributed by atoms with Gasteiger partial charge in [0.1, 0.15) is 5.82 Å². The van der Waals surface area contributed by atoms with Crippen LogP contribution in [0.4, 0.5) is 10.2 Å². The molecule has 3 aromatic rings. The lowest BCUT2D eigenvalue weighted by Gasteiger charge is -2.33. The van der Waals surface area contributed by atoms with E-state index in [9.17, 15) is 9.18 Å². The highest BCUT2D eigenvalue weighted by molar-refractivity contribution is 6.33. The van der Waals surface area contributed by atoms with Gasteiger partial charge in [0.15, 0.2) is 5.82 Å². The van der Waals surface area contributed by atoms with Crippen LogP contribution in [0.2, 0.25) is 5.02 Å². The van der Waals surface area contributed by atoms with Gasteiger partial charge in [-0.3, -0.25) is 9.89 Å². The van der Waals surface area contributed by atoms with E-state index in [-0.39, 0.29) is 22.5 Å². The predicted octanol–water partition coefficient (Wildman–Crippen LogP) is 4.27. The zero-order valence-electron chi connectivity index (χ0n) is 15.2. The standard InChI is InChI=1S/C21H20ClFN4O/c22-18-11-15(23)8-9-17(18)21(28)24-16-7-4-10-27(13-16)20-12-19(25-26-20)14-5-2-1-3-6-14/h1-3,5-6,8-9,11-12,16H,4,7,10,13H2,(H,24,28)(H,25,26)/t16-/m1/s1. The highest BCUT2D eigenvalue weighted by Crippen LogP contribution is 2.24. The summed E-state index contributed by atoms with van der Waals surface area (Å²) < 4.78 is 13.2. The maximum Gasteiger partial charge on any atom is 0.253 e. The number of rotatable bonds is 4. The Hall–Kier alpha value is -2.86. The second-order valence-corrected chi connectivity index (χ2v) is 7.30. The van der Waals surface area contributed by atoms with Crippen LogP contribution in [0.5, 0.6) is 0 Å². The number of H-pyrrole nitrogens is 1. The Morgan fingerprint density at radius 1 is 1.21 bits per heavy atom. The van der Waals surface area contributed by atoms with E-state index in [2.05, 4.69) is 20.4 Å². The Labute approximate surface area is 167 Å². The summed E-state index contributed by atoms with van der Waals surface area (Å²) in [5, 5.41) is 10.6. The number of piperidine rings is 1. The van der Waals surface area contributed by atoms with Crippen LogP contribution in [0.25, 0.3) is 11.3 Å². The number of carbonyl (C=O) groups excluding carboxylic acids is 1. The van der Waals surface area contributed by atoms with Crippen LogP contribution in [-0.4, -0.2) is 35.2 Å². The molecule has 0 aliphatic carbocycles. The first-order valence-corrected chi connectivity index (χ1v) is 9.59. The van der Waals surface area contributed by atoms with Crippen LogP contribution in [0.1, 0.15) is 23.2 Å². The summed E-state index contributed by atoms with van der Waals surface area (Å²) in [6.45, 7) is 1.53. The number of halogens is 2. The van der Waals surface area contributed by atoms with Crippen molar-refractivity contribution >= 4 is 23.3 Å². The second kappa shape index (κ2) is 8.02. The van der Waals surface area contributed by atoms with Gasteiger partial charge in [-0.15, -0.1) is 0 Å². The first kappa shape index (κ1) is 18.5. The van der Waals surface area contributed by atoms with E-state index in [1.54, 1.807) is 0 Å². The van der Waals surface area contributed by atoms with E-state index in [0.29, 0.717) is 6.54 Å². The molecular formula is C21H20ClFN4O. The summed E-state index contributed by atoms with van der Waals surface area (Å²) in [7, 11) is 0. The van der Waals surface area contributed by atoms with Gasteiger partial charge in [-0.1, -0.05) is 41.9 Å². The van der Waals surface area contributed by atoms with Gasteiger partial charge in [-0.25, -0.2) is 4.39 Å². The van der Waals surface area contributed by atoms with E-state index >= 15 is 0 Å². The first-order chi connectivity index (χ1) is 13.6. The molecule has 0 saturated carbocycles. The molecule has 144 valence electrons. The molecule has 5 nitrogen and oxygen atoms in total. The average Bonchev–Trinajstić information content (AvgIpc) is 3.19. The number of hydrogen-bond acceptors (Lipinski definition) is 3. The number of amides is 1. The van der Waals surface area contributed by atoms with Gasteiger partial charge in [0.05, 0.1) is 16.3 Å². The van der Waals surface area contributed by atoms with Gasteiger partial charge >= 0.3 is 0 Å². The minimum atomic E-state index is -0.460. The fourth-order valence-corrected chi connectivity index (χ4v) is 3.73. The van der Waals surface area contributed by atoms with Gasteiger partial charge in [-0.05, 0) is 36.6 Å². The Morgan fingerprint density at radius 3 is 2.82 bits per heavy atom. The smallest absolute Gasteiger partial charge is 0.253 e. The SMILES string of the molecule is O=C(N[C@@H]1CCCN(c2cc(-c3ccccc3)[nH]n2)C1)c1ccc(F)cc1Cl. The van der Waals surface area contributed by atoms with Crippen LogP contribution < -0.4 is 10.2 Å². The van der Waals surface area contributed by atoms with Crippen LogP contribution in [0.15, 0.2) is 54.6 Å². The van der Waals surface area contributed by atoms with Gasteiger partial charge < -0.3 is 10.2 Å². The van der Waals surface area contributed by atoms with Crippen molar-refractivity contribution in [2.45, 2.75) is 18.9 Å². The maximum absolute atomic E-state index is 13.2. The molecule has 1 amide bonds. The van der Waals surface area contributed by atoms with E-state index in [0.717, 1.165) is 42.5 Å². The lowest BCUT2D eigenvalue weighted by molar-refractivity contribution is 0.0933. The van der Waals surface area contributed by atoms with Gasteiger partial charge in [0.2, 0.25) is 0 Å². The molecule has 2 heterocycles. The minimum Gasteiger partial charge on any atom is -0.353 e. The molecule has 1 atom stereocenters. The second-order valence-electron chi connectivity index (χ2n) is 6.89. The van der Waals surface area contributed by atoms with Gasteiger partial charge in [0, 0.05) is 25.2 Å². The van der Waals surface area contributed by atoms with Crippen molar-refractivity contribution in [2.75, 3.05) is 18.0 Å². The number of carbonyl (C=O) groups is 1. The fourth-order valence-electron chi connectivity index (χ4n) is 3.48. The third-order valence-corrected chi connectivity index (χ3v) is 5.22. The van der Waals surface area contributed by atoms with Crippen molar-refractivity contribution in [3.8, 4) is 11.3 Å². The normalized spacial score (nSPS) is 16.8. The Balaban J connectivity index is 1.43. The lowest BCUT2D eigenvalue weighted by atomic mass is 10.0. The summed E-state index contributed by atoms with van der Waals surface area (Å²) in [5.41, 5.74) is 2.32. The first-order valence-electron chi connectivity index (χ1n) is 9.22. The van der Waals surface area contributed by atoms with Crippen molar-refractivity contribution in [3.05, 3.63) is 71.0 Å². The summed E-state index contributed by atoms with van der Waals surface area (Å²) in [6.07, 6.45) is 1.81. The molecule has 4 rings (SSSR count). The molecule has 0 radical (unpaired) electrons. The molecule has 0 bridgehead atoms. The molecule has 2 N–H and O–H groups in total. The van der Waals surface area contributed by atoms with Crippen molar-refractivity contribution in [3.63, 3.8) is 0 Å². The third kappa shape index (κ3) is 4.02. The monoisotopic (exact) mass is 398 g/mol. The fraction of sp³-hybridized carbons (Fsp3) is 0.238. The van der Waals surface area contributed by atoms with E-state index in [4.69, 9.17) is 11.6 Å². The molecule has 1 saturated heterocycles. The number of nitrogens with one attached hydrogen (secondary N) is 2. The quantitative estimate of drug-likeness (QED) is 0.690. The molecule has 1 aliphatic heterocycles. The molecule has 1 fully saturated rings. The number of hydrogen-bond donors (Lipinski definition) is 2. The van der Waals surface area contributed by atoms with Crippen molar-refractivity contribution in [2.24, 2.45) is 0 Å². The topological polar surface area (TPSA) is 61.0 Å². The van der Waals surface area contributed by atoms with Crippen molar-refractivity contribution < 1.29 is 9.18 Å². The highest BCUT2D eigenvalue weighted by atomic mass is 35.5. The van der Waals surface area contributed by atoms with Gasteiger partial charge in [0.25, 0.3) is 5.91 Å². The van der Waals surface area contributed by atoms with Crippen LogP contribution in [0.3, 0.4) is 0 Å². The summed E-state index contributed by atoms with van der Waals surface area (Å²) in [4.78, 5) is 14.7. The molecule has 1 aromatic heterocycles. The number of aromatic nitrogens is 2. The number of anilines is 1. The van der Waals surface area contributed by atoms with Crippen molar-refractivity contribution in [1.82, 2.24) is 15.5 Å². The molecule has 0 spiro atoms. The third-order valence-electron chi connectivity index (χ3n) is 4.91. The number of benzene rings is 2. The summed E-state index contributed by atoms with van der Waals surface area (Å²) >= 11 is 6.00. The zero-order valence-corrected chi connectivity index (χ0v) is 15.9. The Bertz CT molecular complexity index is 976. The summed E-state index contributed by atoms with van der Waals surface area (Å²) in [6, 6.07) is 15.8. The molecular weight excluding hydrogens is 379 g/mol. The molecule has 7 heteroatoms. The molecule has 2 aromatic carbocycles. The molecule has 1 aliphatic rings. The Kier molecular flexibility index (Phi) is 5.30. The van der Waals surface area contributed by atoms with Gasteiger partial charge in [-0.2, -0.15) is 5.10 Å². The average molecular weight is 399 g/mol. The number of aromatic amines is 1. The number of nitrogens with zero attached hydrogens (tertiary/aromatic N) is 2. The highest BCUT2D eigenvalue weighted by Gasteiger charge is 2.24. The van der Waals surface area contributed by atoms with E-state index in [1.165, 1.54) is 12.1 Å².